The third kappa shape index (κ3) is 6.03. The Labute approximate surface area is 127 Å². The Morgan fingerprint density at radius 1 is 1.43 bits per heavy atom. The van der Waals surface area contributed by atoms with Crippen LogP contribution < -0.4 is 9.46 Å². The summed E-state index contributed by atoms with van der Waals surface area (Å²) >= 11 is -1.27. The molecule has 0 aliphatic rings. The number of rotatable bonds is 7. The van der Waals surface area contributed by atoms with Crippen LogP contribution >= 0.6 is 0 Å². The summed E-state index contributed by atoms with van der Waals surface area (Å²) in [5.74, 6) is 0.0832. The molecule has 0 spiro atoms. The van der Waals surface area contributed by atoms with Crippen LogP contribution in [0.4, 0.5) is 8.78 Å². The average Bonchev–Trinajstić information content (AvgIpc) is 2.36. The van der Waals surface area contributed by atoms with Crippen LogP contribution in [0.15, 0.2) is 36.9 Å². The molecule has 0 radical (unpaired) electrons. The molecule has 1 aromatic carbocycles. The first-order chi connectivity index (χ1) is 9.74. The maximum Gasteiger partial charge on any atom is 0.387 e. The van der Waals surface area contributed by atoms with Gasteiger partial charge in [-0.05, 0) is 44.9 Å². The van der Waals surface area contributed by atoms with Crippen LogP contribution in [0.25, 0.3) is 0 Å². The van der Waals surface area contributed by atoms with Gasteiger partial charge < -0.3 is 9.29 Å². The van der Waals surface area contributed by atoms with Crippen LogP contribution in [0.1, 0.15) is 38.8 Å². The molecule has 21 heavy (non-hydrogen) atoms. The van der Waals surface area contributed by atoms with E-state index in [0.29, 0.717) is 6.42 Å². The highest BCUT2D eigenvalue weighted by molar-refractivity contribution is 7.90. The number of alkyl halides is 2. The van der Waals surface area contributed by atoms with E-state index in [9.17, 15) is 13.3 Å². The average molecular weight is 317 g/mol. The van der Waals surface area contributed by atoms with Crippen molar-refractivity contribution < 1.29 is 18.1 Å². The third-order valence-corrected chi connectivity index (χ3v) is 4.30. The molecule has 0 saturated carbocycles. The van der Waals surface area contributed by atoms with Gasteiger partial charge in [0.25, 0.3) is 0 Å². The largest absolute Gasteiger partial charge is 0.598 e. The van der Waals surface area contributed by atoms with Gasteiger partial charge in [-0.15, -0.1) is 11.3 Å². The molecule has 1 N–H and O–H groups in total. The van der Waals surface area contributed by atoms with Crippen molar-refractivity contribution in [2.75, 3.05) is 0 Å². The Morgan fingerprint density at radius 3 is 2.62 bits per heavy atom. The minimum atomic E-state index is -2.87. The normalized spacial score (nSPS) is 14.8. The van der Waals surface area contributed by atoms with E-state index in [1.807, 2.05) is 20.8 Å². The van der Waals surface area contributed by atoms with Gasteiger partial charge in [-0.1, -0.05) is 18.2 Å². The second-order valence-electron chi connectivity index (χ2n) is 5.53. The van der Waals surface area contributed by atoms with E-state index >= 15 is 0 Å². The first-order valence-electron chi connectivity index (χ1n) is 6.57. The molecule has 3 nitrogen and oxygen atoms in total. The quantitative estimate of drug-likeness (QED) is 0.611. The van der Waals surface area contributed by atoms with E-state index in [0.717, 1.165) is 5.56 Å². The number of halogens is 2. The zero-order chi connectivity index (χ0) is 16.0. The Hall–Kier alpha value is -1.11. The molecular weight excluding hydrogens is 296 g/mol. The number of hydrogen-bond donors (Lipinski definition) is 1. The monoisotopic (exact) mass is 317 g/mol. The second kappa shape index (κ2) is 7.77. The van der Waals surface area contributed by atoms with Gasteiger partial charge in [0, 0.05) is 11.4 Å². The van der Waals surface area contributed by atoms with E-state index in [1.165, 1.54) is 12.1 Å². The van der Waals surface area contributed by atoms with E-state index in [2.05, 4.69) is 16.0 Å². The highest BCUT2D eigenvalue weighted by Gasteiger charge is 2.29. The van der Waals surface area contributed by atoms with Gasteiger partial charge in [-0.25, -0.2) is 0 Å². The van der Waals surface area contributed by atoms with Crippen molar-refractivity contribution in [3.8, 4) is 5.75 Å². The molecule has 0 heterocycles. The van der Waals surface area contributed by atoms with Crippen molar-refractivity contribution in [2.45, 2.75) is 44.6 Å². The topological polar surface area (TPSA) is 44.3 Å². The van der Waals surface area contributed by atoms with Crippen molar-refractivity contribution >= 4 is 11.4 Å². The molecule has 1 rings (SSSR count). The molecule has 0 aliphatic heterocycles. The zero-order valence-corrected chi connectivity index (χ0v) is 13.3. The minimum absolute atomic E-state index is 0.0832. The maximum atomic E-state index is 12.3. The lowest BCUT2D eigenvalue weighted by Gasteiger charge is -2.27. The van der Waals surface area contributed by atoms with Crippen LogP contribution in [-0.2, 0) is 11.4 Å². The summed E-state index contributed by atoms with van der Waals surface area (Å²) in [4.78, 5) is 0. The van der Waals surface area contributed by atoms with Crippen LogP contribution in [0.3, 0.4) is 0 Å². The third-order valence-electron chi connectivity index (χ3n) is 2.69. The Balaban J connectivity index is 2.92. The van der Waals surface area contributed by atoms with Crippen molar-refractivity contribution in [1.29, 1.82) is 0 Å². The molecule has 2 atom stereocenters. The summed E-state index contributed by atoms with van der Waals surface area (Å²) in [5, 5.41) is 0. The van der Waals surface area contributed by atoms with Gasteiger partial charge in [0.15, 0.2) is 0 Å². The fraction of sp³-hybridized carbons (Fsp3) is 0.467. The lowest BCUT2D eigenvalue weighted by atomic mass is 10.0. The van der Waals surface area contributed by atoms with Gasteiger partial charge >= 0.3 is 6.61 Å². The predicted octanol–water partition coefficient (Wildman–Crippen LogP) is 3.96. The smallest absolute Gasteiger partial charge is 0.387 e. The first kappa shape index (κ1) is 17.9. The van der Waals surface area contributed by atoms with E-state index in [-0.39, 0.29) is 11.8 Å². The summed E-state index contributed by atoms with van der Waals surface area (Å²) < 4.78 is 43.7. The van der Waals surface area contributed by atoms with Gasteiger partial charge in [0.1, 0.15) is 10.5 Å². The predicted molar refractivity (Wildman–Crippen MR) is 81.7 cm³/mol. The summed E-state index contributed by atoms with van der Waals surface area (Å²) in [6.45, 7) is 6.39. The summed E-state index contributed by atoms with van der Waals surface area (Å²) in [6.07, 6.45) is 2.22. The van der Waals surface area contributed by atoms with Crippen molar-refractivity contribution in [3.63, 3.8) is 0 Å². The molecule has 0 bridgehead atoms. The number of ether oxygens (including phenoxy) is 1. The van der Waals surface area contributed by atoms with Gasteiger partial charge in [-0.3, -0.25) is 0 Å². The van der Waals surface area contributed by atoms with Gasteiger partial charge in [0.2, 0.25) is 0 Å². The number of nitrogens with one attached hydrogen (secondary N) is 1. The standard InChI is InChI=1S/C15H21F2NO2S/c1-5-7-13(18-21(19)15(2,3)4)11-8-6-9-12(10-11)20-14(16)17/h5-6,8-10,13-14,18H,1,7H2,2-4H3/t13-,21-/m0/s1. The Bertz CT molecular complexity index is 463. The molecule has 0 aliphatic carbocycles. The highest BCUT2D eigenvalue weighted by atomic mass is 32.2. The SMILES string of the molecule is C=CC[C@H](N[S@@+]([O-])C(C)(C)C)c1cccc(OC(F)F)c1. The van der Waals surface area contributed by atoms with Crippen LogP contribution in [0.2, 0.25) is 0 Å². The lowest BCUT2D eigenvalue weighted by Crippen LogP contribution is -2.41. The summed E-state index contributed by atoms with van der Waals surface area (Å²) in [5.41, 5.74) is 0.727. The second-order valence-corrected chi connectivity index (χ2v) is 7.52. The summed E-state index contributed by atoms with van der Waals surface area (Å²) in [6, 6.07) is 6.11. The zero-order valence-electron chi connectivity index (χ0n) is 12.4. The fourth-order valence-corrected chi connectivity index (χ4v) is 2.48. The van der Waals surface area contributed by atoms with Crippen LogP contribution in [0.5, 0.6) is 5.75 Å². The fourth-order valence-electron chi connectivity index (χ4n) is 1.63. The molecule has 1 aromatic rings. The van der Waals surface area contributed by atoms with E-state index in [1.54, 1.807) is 18.2 Å². The van der Waals surface area contributed by atoms with Gasteiger partial charge in [-0.2, -0.15) is 8.78 Å². The first-order valence-corrected chi connectivity index (χ1v) is 7.72. The highest BCUT2D eigenvalue weighted by Crippen LogP contribution is 2.26. The molecule has 0 amide bonds. The van der Waals surface area contributed by atoms with Crippen molar-refractivity contribution in [2.24, 2.45) is 0 Å². The summed E-state index contributed by atoms with van der Waals surface area (Å²) in [7, 11) is 0. The Kier molecular flexibility index (Phi) is 6.64. The van der Waals surface area contributed by atoms with Crippen molar-refractivity contribution in [1.82, 2.24) is 4.72 Å². The molecule has 118 valence electrons. The van der Waals surface area contributed by atoms with Crippen LogP contribution in [0, 0.1) is 0 Å². The van der Waals surface area contributed by atoms with Gasteiger partial charge in [0.05, 0.1) is 6.04 Å². The number of benzene rings is 1. The molecule has 0 saturated heterocycles. The van der Waals surface area contributed by atoms with E-state index < -0.39 is 22.7 Å². The maximum absolute atomic E-state index is 12.3. The van der Waals surface area contributed by atoms with Crippen LogP contribution in [-0.4, -0.2) is 15.9 Å². The minimum Gasteiger partial charge on any atom is -0.598 e. The molecule has 6 heteroatoms. The lowest BCUT2D eigenvalue weighted by molar-refractivity contribution is -0.0499. The molecular formula is C15H21F2NO2S. The molecule has 0 fully saturated rings. The van der Waals surface area contributed by atoms with E-state index in [4.69, 9.17) is 0 Å². The van der Waals surface area contributed by atoms with Crippen molar-refractivity contribution in [3.05, 3.63) is 42.5 Å². The Morgan fingerprint density at radius 2 is 2.10 bits per heavy atom. The number of hydrogen-bond acceptors (Lipinski definition) is 3. The molecule has 0 aromatic heterocycles. The molecule has 0 unspecified atom stereocenters.